The molecule has 0 aliphatic rings. The van der Waals surface area contributed by atoms with Crippen LogP contribution < -0.4 is 5.32 Å². The molecule has 2 heterocycles. The Hall–Kier alpha value is -2.86. The molecule has 0 bridgehead atoms. The first-order valence-corrected chi connectivity index (χ1v) is 8.56. The molecule has 3 aromatic rings. The van der Waals surface area contributed by atoms with E-state index in [-0.39, 0.29) is 5.91 Å². The number of halogens is 1. The third kappa shape index (κ3) is 4.21. The highest BCUT2D eigenvalue weighted by atomic mass is 35.5. The van der Waals surface area contributed by atoms with Crippen molar-refractivity contribution in [2.24, 2.45) is 7.05 Å². The number of benzene rings is 1. The molecule has 0 aliphatic carbocycles. The monoisotopic (exact) mass is 369 g/mol. The zero-order chi connectivity index (χ0) is 18.7. The van der Waals surface area contributed by atoms with Crippen molar-refractivity contribution in [1.82, 2.24) is 19.6 Å². The minimum Gasteiger partial charge on any atom is -0.319 e. The molecule has 3 rings (SSSR count). The van der Waals surface area contributed by atoms with Gasteiger partial charge in [-0.1, -0.05) is 23.7 Å². The highest BCUT2D eigenvalue weighted by molar-refractivity contribution is 6.30. The number of carbonyl (C=O) groups is 1. The van der Waals surface area contributed by atoms with Crippen molar-refractivity contribution < 1.29 is 4.79 Å². The summed E-state index contributed by atoms with van der Waals surface area (Å²) in [6.45, 7) is 4.44. The number of rotatable bonds is 5. The Morgan fingerprint density at radius 3 is 2.65 bits per heavy atom. The van der Waals surface area contributed by atoms with Crippen molar-refractivity contribution in [2.45, 2.75) is 20.4 Å². The summed E-state index contributed by atoms with van der Waals surface area (Å²) in [6, 6.07) is 7.64. The summed E-state index contributed by atoms with van der Waals surface area (Å²) in [7, 11) is 1.83. The van der Waals surface area contributed by atoms with Gasteiger partial charge in [0.1, 0.15) is 0 Å². The number of aromatic nitrogens is 4. The summed E-state index contributed by atoms with van der Waals surface area (Å²) in [5.74, 6) is -0.203. The number of amides is 1. The number of aryl methyl sites for hydroxylation is 2. The molecule has 1 amide bonds. The van der Waals surface area contributed by atoms with E-state index in [1.165, 1.54) is 6.08 Å². The Kier molecular flexibility index (Phi) is 5.23. The molecule has 0 saturated carbocycles. The van der Waals surface area contributed by atoms with Crippen LogP contribution in [0.3, 0.4) is 0 Å². The molecule has 7 heteroatoms. The van der Waals surface area contributed by atoms with E-state index in [1.807, 2.05) is 56.0 Å². The maximum atomic E-state index is 12.2. The minimum absolute atomic E-state index is 0.203. The number of nitrogens with one attached hydrogen (secondary N) is 1. The molecule has 0 unspecified atom stereocenters. The van der Waals surface area contributed by atoms with Gasteiger partial charge in [-0.2, -0.15) is 10.2 Å². The van der Waals surface area contributed by atoms with E-state index in [0.29, 0.717) is 11.6 Å². The van der Waals surface area contributed by atoms with Gasteiger partial charge < -0.3 is 5.32 Å². The van der Waals surface area contributed by atoms with E-state index in [4.69, 9.17) is 11.6 Å². The van der Waals surface area contributed by atoms with Crippen LogP contribution in [0.15, 0.2) is 42.7 Å². The smallest absolute Gasteiger partial charge is 0.248 e. The van der Waals surface area contributed by atoms with Gasteiger partial charge in [0.05, 0.1) is 29.8 Å². The molecule has 0 fully saturated rings. The molecular formula is C19H20ClN5O. The van der Waals surface area contributed by atoms with E-state index in [9.17, 15) is 4.79 Å². The molecule has 0 saturated heterocycles. The van der Waals surface area contributed by atoms with E-state index in [0.717, 1.165) is 28.2 Å². The lowest BCUT2D eigenvalue weighted by Crippen LogP contribution is -2.10. The Morgan fingerprint density at radius 2 is 2.00 bits per heavy atom. The van der Waals surface area contributed by atoms with Crippen LogP contribution in [-0.4, -0.2) is 25.5 Å². The molecule has 134 valence electrons. The van der Waals surface area contributed by atoms with Crippen LogP contribution in [0.25, 0.3) is 6.08 Å². The molecule has 1 aromatic carbocycles. The molecule has 26 heavy (non-hydrogen) atoms. The lowest BCUT2D eigenvalue weighted by atomic mass is 10.2. The van der Waals surface area contributed by atoms with Gasteiger partial charge in [0.15, 0.2) is 0 Å². The first-order valence-electron chi connectivity index (χ1n) is 8.18. The fraction of sp³-hybridized carbons (Fsp3) is 0.211. The van der Waals surface area contributed by atoms with E-state index in [2.05, 4.69) is 15.5 Å². The van der Waals surface area contributed by atoms with Gasteiger partial charge in [0.25, 0.3) is 0 Å². The third-order valence-electron chi connectivity index (χ3n) is 4.03. The van der Waals surface area contributed by atoms with Crippen molar-refractivity contribution >= 4 is 29.3 Å². The third-order valence-corrected chi connectivity index (χ3v) is 4.28. The van der Waals surface area contributed by atoms with Crippen LogP contribution in [0.2, 0.25) is 5.02 Å². The van der Waals surface area contributed by atoms with E-state index >= 15 is 0 Å². The van der Waals surface area contributed by atoms with Gasteiger partial charge in [0.2, 0.25) is 5.91 Å². The fourth-order valence-electron chi connectivity index (χ4n) is 2.66. The van der Waals surface area contributed by atoms with E-state index < -0.39 is 0 Å². The Labute approximate surface area is 157 Å². The highest BCUT2D eigenvalue weighted by Gasteiger charge is 2.13. The fourth-order valence-corrected chi connectivity index (χ4v) is 2.78. The Morgan fingerprint density at radius 1 is 1.27 bits per heavy atom. The number of carbonyl (C=O) groups excluding carboxylic acids is 1. The zero-order valence-electron chi connectivity index (χ0n) is 14.9. The van der Waals surface area contributed by atoms with Gasteiger partial charge in [0, 0.05) is 29.9 Å². The number of nitrogens with zero attached hydrogens (tertiary/aromatic N) is 4. The largest absolute Gasteiger partial charge is 0.319 e. The molecule has 0 radical (unpaired) electrons. The normalized spacial score (nSPS) is 11.2. The minimum atomic E-state index is -0.203. The number of hydrogen-bond acceptors (Lipinski definition) is 3. The molecule has 0 spiro atoms. The maximum Gasteiger partial charge on any atom is 0.248 e. The maximum absolute atomic E-state index is 12.2. The molecule has 1 N–H and O–H groups in total. The van der Waals surface area contributed by atoms with Crippen LogP contribution in [0.1, 0.15) is 22.5 Å². The average Bonchev–Trinajstić information content (AvgIpc) is 3.13. The van der Waals surface area contributed by atoms with Crippen molar-refractivity contribution in [2.75, 3.05) is 5.32 Å². The molecule has 0 aliphatic heterocycles. The molecule has 2 aromatic heterocycles. The highest BCUT2D eigenvalue weighted by Crippen LogP contribution is 2.21. The van der Waals surface area contributed by atoms with Crippen molar-refractivity contribution in [3.8, 4) is 0 Å². The van der Waals surface area contributed by atoms with E-state index in [1.54, 1.807) is 17.0 Å². The van der Waals surface area contributed by atoms with Crippen molar-refractivity contribution in [3.63, 3.8) is 0 Å². The summed E-state index contributed by atoms with van der Waals surface area (Å²) in [5, 5.41) is 12.2. The van der Waals surface area contributed by atoms with Gasteiger partial charge in [-0.3, -0.25) is 14.2 Å². The zero-order valence-corrected chi connectivity index (χ0v) is 15.7. The summed E-state index contributed by atoms with van der Waals surface area (Å²) in [5.41, 5.74) is 4.38. The summed E-state index contributed by atoms with van der Waals surface area (Å²) >= 11 is 5.93. The SMILES string of the molecule is Cc1nn(Cc2ccc(Cl)cc2)c(C)c1NC(=O)/C=C\c1cnn(C)c1. The van der Waals surface area contributed by atoms with Crippen molar-refractivity contribution in [3.05, 3.63) is 70.3 Å². The lowest BCUT2D eigenvalue weighted by Gasteiger charge is -2.06. The van der Waals surface area contributed by atoms with Crippen LogP contribution in [0.5, 0.6) is 0 Å². The second-order valence-corrected chi connectivity index (χ2v) is 6.54. The lowest BCUT2D eigenvalue weighted by molar-refractivity contribution is -0.111. The summed E-state index contributed by atoms with van der Waals surface area (Å²) in [4.78, 5) is 12.2. The van der Waals surface area contributed by atoms with Crippen molar-refractivity contribution in [1.29, 1.82) is 0 Å². The Balaban J connectivity index is 1.72. The molecular weight excluding hydrogens is 350 g/mol. The van der Waals surface area contributed by atoms with Crippen LogP contribution in [0, 0.1) is 13.8 Å². The quantitative estimate of drug-likeness (QED) is 0.699. The van der Waals surface area contributed by atoms with Crippen LogP contribution >= 0.6 is 11.6 Å². The molecule has 6 nitrogen and oxygen atoms in total. The standard InChI is InChI=1S/C19H20ClN5O/c1-13-19(22-18(26)9-6-16-10-21-24(3)11-16)14(2)25(23-13)12-15-4-7-17(20)8-5-15/h4-11H,12H2,1-3H3,(H,22,26)/b9-6-. The summed E-state index contributed by atoms with van der Waals surface area (Å²) in [6.07, 6.45) is 6.76. The predicted octanol–water partition coefficient (Wildman–Crippen LogP) is 3.59. The van der Waals surface area contributed by atoms with Gasteiger partial charge in [-0.25, -0.2) is 0 Å². The average molecular weight is 370 g/mol. The molecule has 0 atom stereocenters. The second kappa shape index (κ2) is 7.58. The first kappa shape index (κ1) is 17.9. The Bertz CT molecular complexity index is 953. The van der Waals surface area contributed by atoms with Gasteiger partial charge in [-0.15, -0.1) is 0 Å². The number of anilines is 1. The number of hydrogen-bond donors (Lipinski definition) is 1. The first-order chi connectivity index (χ1) is 12.4. The predicted molar refractivity (Wildman–Crippen MR) is 103 cm³/mol. The van der Waals surface area contributed by atoms with Gasteiger partial charge >= 0.3 is 0 Å². The van der Waals surface area contributed by atoms with Crippen LogP contribution in [0.4, 0.5) is 5.69 Å². The summed E-state index contributed by atoms with van der Waals surface area (Å²) < 4.78 is 3.56. The van der Waals surface area contributed by atoms with Crippen LogP contribution in [-0.2, 0) is 18.4 Å². The second-order valence-electron chi connectivity index (χ2n) is 6.10. The van der Waals surface area contributed by atoms with Gasteiger partial charge in [-0.05, 0) is 37.6 Å². The topological polar surface area (TPSA) is 64.7 Å².